The largest absolute Gasteiger partial charge is 0.353 e. The van der Waals surface area contributed by atoms with Crippen LogP contribution in [0.1, 0.15) is 40.4 Å². The monoisotopic (exact) mass is 288 g/mol. The Bertz CT molecular complexity index is 566. The molecule has 1 aliphatic rings. The number of carbonyl (C=O) groups is 2. The average Bonchev–Trinajstić information content (AvgIpc) is 2.43. The van der Waals surface area contributed by atoms with Gasteiger partial charge in [0.25, 0.3) is 0 Å². The van der Waals surface area contributed by atoms with E-state index in [9.17, 15) is 9.59 Å². The Morgan fingerprint density at radius 1 is 1.24 bits per heavy atom. The molecule has 4 nitrogen and oxygen atoms in total. The summed E-state index contributed by atoms with van der Waals surface area (Å²) < 4.78 is 0. The maximum Gasteiger partial charge on any atom is 0.237 e. The average molecular weight is 288 g/mol. The maximum absolute atomic E-state index is 12.6. The first kappa shape index (κ1) is 15.7. The third-order valence-electron chi connectivity index (χ3n) is 4.32. The van der Waals surface area contributed by atoms with Gasteiger partial charge in [0, 0.05) is 18.7 Å². The number of piperazine rings is 1. The van der Waals surface area contributed by atoms with Gasteiger partial charge in [-0.15, -0.1) is 0 Å². The van der Waals surface area contributed by atoms with E-state index in [0.29, 0.717) is 13.1 Å². The highest BCUT2D eigenvalue weighted by molar-refractivity contribution is 5.99. The van der Waals surface area contributed by atoms with Crippen molar-refractivity contribution >= 4 is 11.7 Å². The number of nitrogens with zero attached hydrogens (tertiary/aromatic N) is 1. The van der Waals surface area contributed by atoms with E-state index in [0.717, 1.165) is 29.7 Å². The van der Waals surface area contributed by atoms with Crippen molar-refractivity contribution in [3.05, 3.63) is 34.4 Å². The van der Waals surface area contributed by atoms with Gasteiger partial charge in [0.05, 0.1) is 12.6 Å². The topological polar surface area (TPSA) is 49.4 Å². The Labute approximate surface area is 126 Å². The van der Waals surface area contributed by atoms with Gasteiger partial charge in [-0.3, -0.25) is 14.5 Å². The molecule has 1 atom stereocenters. The molecule has 1 saturated heterocycles. The van der Waals surface area contributed by atoms with E-state index in [-0.39, 0.29) is 17.7 Å². The molecule has 0 aromatic heterocycles. The van der Waals surface area contributed by atoms with Gasteiger partial charge in [-0.1, -0.05) is 13.0 Å². The van der Waals surface area contributed by atoms with Gasteiger partial charge in [0.15, 0.2) is 5.78 Å². The highest BCUT2D eigenvalue weighted by Gasteiger charge is 2.29. The first-order chi connectivity index (χ1) is 9.93. The van der Waals surface area contributed by atoms with Gasteiger partial charge >= 0.3 is 0 Å². The third kappa shape index (κ3) is 3.32. The standard InChI is InChI=1S/C17H24N2O2/c1-5-15-17(21)18-6-7-19(15)10-16(20)14-9-12(3)11(2)8-13(14)4/h8-9,15H,5-7,10H2,1-4H3,(H,18,21). The predicted octanol–water partition coefficient (Wildman–Crippen LogP) is 2.00. The molecule has 1 N–H and O–H groups in total. The molecule has 1 heterocycles. The number of nitrogens with one attached hydrogen (secondary N) is 1. The summed E-state index contributed by atoms with van der Waals surface area (Å²) in [6.45, 7) is 9.70. The van der Waals surface area contributed by atoms with Gasteiger partial charge < -0.3 is 5.32 Å². The van der Waals surface area contributed by atoms with E-state index in [2.05, 4.69) is 18.3 Å². The number of ketones is 1. The van der Waals surface area contributed by atoms with Gasteiger partial charge in [-0.05, 0) is 49.9 Å². The summed E-state index contributed by atoms with van der Waals surface area (Å²) in [6.07, 6.45) is 0.727. The van der Waals surface area contributed by atoms with Crippen molar-refractivity contribution in [2.24, 2.45) is 0 Å². The minimum absolute atomic E-state index is 0.0355. The summed E-state index contributed by atoms with van der Waals surface area (Å²) in [5.41, 5.74) is 4.12. The maximum atomic E-state index is 12.6. The molecule has 1 aromatic carbocycles. The number of benzene rings is 1. The van der Waals surface area contributed by atoms with Crippen molar-refractivity contribution in [1.82, 2.24) is 10.2 Å². The van der Waals surface area contributed by atoms with E-state index in [4.69, 9.17) is 0 Å². The number of hydrogen-bond acceptors (Lipinski definition) is 3. The molecule has 0 bridgehead atoms. The van der Waals surface area contributed by atoms with Crippen molar-refractivity contribution in [2.45, 2.75) is 40.2 Å². The first-order valence-corrected chi connectivity index (χ1v) is 7.56. The molecule has 4 heteroatoms. The Morgan fingerprint density at radius 3 is 2.57 bits per heavy atom. The summed E-state index contributed by atoms with van der Waals surface area (Å²) in [6, 6.07) is 3.84. The molecule has 1 aliphatic heterocycles. The Morgan fingerprint density at radius 2 is 1.90 bits per heavy atom. The highest BCUT2D eigenvalue weighted by Crippen LogP contribution is 2.17. The number of rotatable bonds is 4. The van der Waals surface area contributed by atoms with Crippen LogP contribution in [-0.2, 0) is 4.79 Å². The van der Waals surface area contributed by atoms with Crippen LogP contribution in [0.5, 0.6) is 0 Å². The van der Waals surface area contributed by atoms with E-state index in [1.807, 2.05) is 31.7 Å². The molecule has 114 valence electrons. The number of amides is 1. The van der Waals surface area contributed by atoms with Crippen LogP contribution in [0.2, 0.25) is 0 Å². The number of Topliss-reactive ketones (excluding diaryl/α,β-unsaturated/α-hetero) is 1. The van der Waals surface area contributed by atoms with Crippen LogP contribution in [0, 0.1) is 20.8 Å². The molecule has 1 amide bonds. The van der Waals surface area contributed by atoms with Crippen LogP contribution < -0.4 is 5.32 Å². The van der Waals surface area contributed by atoms with Gasteiger partial charge in [0.2, 0.25) is 5.91 Å². The molecule has 0 radical (unpaired) electrons. The molecule has 1 aromatic rings. The smallest absolute Gasteiger partial charge is 0.237 e. The SMILES string of the molecule is CCC1C(=O)NCCN1CC(=O)c1cc(C)c(C)cc1C. The molecule has 2 rings (SSSR count). The molecule has 21 heavy (non-hydrogen) atoms. The second-order valence-corrected chi connectivity index (χ2v) is 5.86. The van der Waals surface area contributed by atoms with E-state index in [1.165, 1.54) is 5.56 Å². The van der Waals surface area contributed by atoms with Crippen LogP contribution in [0.3, 0.4) is 0 Å². The van der Waals surface area contributed by atoms with E-state index >= 15 is 0 Å². The van der Waals surface area contributed by atoms with Crippen LogP contribution in [-0.4, -0.2) is 42.3 Å². The molecule has 1 fully saturated rings. The number of aryl methyl sites for hydroxylation is 3. The lowest BCUT2D eigenvalue weighted by atomic mass is 9.97. The van der Waals surface area contributed by atoms with Gasteiger partial charge in [0.1, 0.15) is 0 Å². The van der Waals surface area contributed by atoms with Gasteiger partial charge in [-0.2, -0.15) is 0 Å². The predicted molar refractivity (Wildman–Crippen MR) is 83.6 cm³/mol. The van der Waals surface area contributed by atoms with Crippen molar-refractivity contribution in [3.63, 3.8) is 0 Å². The van der Waals surface area contributed by atoms with Crippen LogP contribution in [0.4, 0.5) is 0 Å². The van der Waals surface area contributed by atoms with Crippen molar-refractivity contribution in [1.29, 1.82) is 0 Å². The molecule has 0 saturated carbocycles. The summed E-state index contributed by atoms with van der Waals surface area (Å²) in [4.78, 5) is 26.4. The van der Waals surface area contributed by atoms with Crippen LogP contribution in [0.25, 0.3) is 0 Å². The molecule has 0 spiro atoms. The fraction of sp³-hybridized carbons (Fsp3) is 0.529. The van der Waals surface area contributed by atoms with E-state index < -0.39 is 0 Å². The van der Waals surface area contributed by atoms with Crippen molar-refractivity contribution < 1.29 is 9.59 Å². The lowest BCUT2D eigenvalue weighted by molar-refractivity contribution is -0.128. The number of carbonyl (C=O) groups excluding carboxylic acids is 2. The fourth-order valence-corrected chi connectivity index (χ4v) is 2.93. The Kier molecular flexibility index (Phi) is 4.78. The lowest BCUT2D eigenvalue weighted by Crippen LogP contribution is -2.56. The normalized spacial score (nSPS) is 19.4. The zero-order valence-electron chi connectivity index (χ0n) is 13.3. The molecular formula is C17H24N2O2. The lowest BCUT2D eigenvalue weighted by Gasteiger charge is -2.34. The van der Waals surface area contributed by atoms with Crippen molar-refractivity contribution in [3.8, 4) is 0 Å². The van der Waals surface area contributed by atoms with Crippen LogP contribution >= 0.6 is 0 Å². The Balaban J connectivity index is 2.17. The van der Waals surface area contributed by atoms with Gasteiger partial charge in [-0.25, -0.2) is 0 Å². The quantitative estimate of drug-likeness (QED) is 0.862. The number of hydrogen-bond donors (Lipinski definition) is 1. The molecule has 0 aliphatic carbocycles. The second-order valence-electron chi connectivity index (χ2n) is 5.86. The minimum Gasteiger partial charge on any atom is -0.353 e. The molecular weight excluding hydrogens is 264 g/mol. The summed E-state index contributed by atoms with van der Waals surface area (Å²) in [5.74, 6) is 0.136. The Hall–Kier alpha value is -1.68. The summed E-state index contributed by atoms with van der Waals surface area (Å²) >= 11 is 0. The zero-order chi connectivity index (χ0) is 15.6. The fourth-order valence-electron chi connectivity index (χ4n) is 2.93. The van der Waals surface area contributed by atoms with E-state index in [1.54, 1.807) is 0 Å². The third-order valence-corrected chi connectivity index (χ3v) is 4.32. The van der Waals surface area contributed by atoms with Crippen LogP contribution in [0.15, 0.2) is 12.1 Å². The van der Waals surface area contributed by atoms with Crippen molar-refractivity contribution in [2.75, 3.05) is 19.6 Å². The first-order valence-electron chi connectivity index (χ1n) is 7.56. The highest BCUT2D eigenvalue weighted by atomic mass is 16.2. The second kappa shape index (κ2) is 6.39. The molecule has 1 unspecified atom stereocenters. The summed E-state index contributed by atoms with van der Waals surface area (Å²) in [7, 11) is 0. The minimum atomic E-state index is -0.186. The zero-order valence-corrected chi connectivity index (χ0v) is 13.3. The summed E-state index contributed by atoms with van der Waals surface area (Å²) in [5, 5.41) is 2.86.